The van der Waals surface area contributed by atoms with Gasteiger partial charge in [-0.05, 0) is 32.1 Å². The van der Waals surface area contributed by atoms with Crippen LogP contribution in [-0.2, 0) is 14.3 Å². The van der Waals surface area contributed by atoms with Gasteiger partial charge in [0.2, 0.25) is 0 Å². The van der Waals surface area contributed by atoms with E-state index in [2.05, 4.69) is 11.9 Å². The molecule has 0 aliphatic carbocycles. The van der Waals surface area contributed by atoms with Gasteiger partial charge in [-0.25, -0.2) is 0 Å². The Hall–Kier alpha value is -2.65. The van der Waals surface area contributed by atoms with Gasteiger partial charge >= 0.3 is 0 Å². The third-order valence-corrected chi connectivity index (χ3v) is 5.98. The van der Waals surface area contributed by atoms with Crippen molar-refractivity contribution >= 4 is 18.3 Å². The minimum absolute atomic E-state index is 0.0639. The number of piperidine rings is 1. The van der Waals surface area contributed by atoms with Crippen molar-refractivity contribution in [2.45, 2.75) is 24.9 Å². The number of benzene rings is 1. The molecule has 2 heterocycles. The first-order chi connectivity index (χ1) is 14.9. The second kappa shape index (κ2) is 11.7. The molecule has 0 aromatic heterocycles. The highest BCUT2D eigenvalue weighted by molar-refractivity contribution is 5.97. The van der Waals surface area contributed by atoms with Crippen LogP contribution in [0.2, 0.25) is 0 Å². The zero-order valence-electron chi connectivity index (χ0n) is 18.6. The van der Waals surface area contributed by atoms with E-state index in [1.54, 1.807) is 31.3 Å². The van der Waals surface area contributed by atoms with E-state index in [1.165, 1.54) is 0 Å². The zero-order chi connectivity index (χ0) is 22.9. The minimum atomic E-state index is -0.833. The summed E-state index contributed by atoms with van der Waals surface area (Å²) in [6.45, 7) is 4.10. The first-order valence-corrected chi connectivity index (χ1v) is 10.5. The van der Waals surface area contributed by atoms with Gasteiger partial charge in [0.25, 0.3) is 18.3 Å². The zero-order valence-corrected chi connectivity index (χ0v) is 18.6. The number of likely N-dealkylation sites (N-methyl/N-ethyl adjacent to an activating group) is 1. The van der Waals surface area contributed by atoms with Crippen molar-refractivity contribution < 1.29 is 29.0 Å². The molecule has 0 radical (unpaired) electrons. The Balaban J connectivity index is 0.00000107. The number of carboxylic acid groups (broad SMARTS) is 1. The lowest BCUT2D eigenvalue weighted by molar-refractivity contribution is -0.160. The molecule has 1 N–H and O–H groups in total. The molecular formula is C22H33N3O6. The topological polar surface area (TPSA) is 99.6 Å². The first kappa shape index (κ1) is 24.6. The van der Waals surface area contributed by atoms with E-state index in [0.29, 0.717) is 37.2 Å². The molecule has 3 rings (SSSR count). The van der Waals surface area contributed by atoms with E-state index >= 15 is 0 Å². The number of hydrogen-bond donors (Lipinski definition) is 1. The lowest BCUT2D eigenvalue weighted by Crippen LogP contribution is -2.57. The molecule has 0 bridgehead atoms. The molecular weight excluding hydrogens is 402 g/mol. The lowest BCUT2D eigenvalue weighted by atomic mass is 9.89. The highest BCUT2D eigenvalue weighted by Gasteiger charge is 2.45. The molecule has 2 aliphatic heterocycles. The molecule has 31 heavy (non-hydrogen) atoms. The van der Waals surface area contributed by atoms with Crippen LogP contribution in [0, 0.1) is 0 Å². The molecule has 1 aromatic carbocycles. The van der Waals surface area contributed by atoms with Gasteiger partial charge in [-0.2, -0.15) is 0 Å². The van der Waals surface area contributed by atoms with Crippen molar-refractivity contribution in [1.82, 2.24) is 14.7 Å². The number of ether oxygens (including phenoxy) is 2. The van der Waals surface area contributed by atoms with Gasteiger partial charge in [-0.3, -0.25) is 14.4 Å². The molecule has 1 aromatic rings. The van der Waals surface area contributed by atoms with E-state index in [4.69, 9.17) is 19.4 Å². The summed E-state index contributed by atoms with van der Waals surface area (Å²) >= 11 is 0. The Kier molecular flexibility index (Phi) is 9.26. The summed E-state index contributed by atoms with van der Waals surface area (Å²) in [5, 5.41) is 6.89. The third-order valence-electron chi connectivity index (χ3n) is 5.98. The molecule has 9 heteroatoms. The molecule has 172 valence electrons. The van der Waals surface area contributed by atoms with Crippen LogP contribution in [-0.4, -0.2) is 104 Å². The van der Waals surface area contributed by atoms with Crippen LogP contribution >= 0.6 is 0 Å². The van der Waals surface area contributed by atoms with Gasteiger partial charge < -0.3 is 29.3 Å². The number of carbonyl (C=O) groups is 3. The highest BCUT2D eigenvalue weighted by atomic mass is 16.5. The highest BCUT2D eigenvalue weighted by Crippen LogP contribution is 2.30. The number of carbonyl (C=O) groups excluding carboxylic acids is 2. The lowest BCUT2D eigenvalue weighted by Gasteiger charge is -2.42. The maximum absolute atomic E-state index is 13.3. The van der Waals surface area contributed by atoms with Crippen molar-refractivity contribution in [3.05, 3.63) is 29.8 Å². The molecule has 9 nitrogen and oxygen atoms in total. The summed E-state index contributed by atoms with van der Waals surface area (Å²) in [6.07, 6.45) is 1.99. The number of rotatable bonds is 4. The monoisotopic (exact) mass is 435 g/mol. The summed E-state index contributed by atoms with van der Waals surface area (Å²) in [5.74, 6) is 0.571. The molecule has 2 saturated heterocycles. The SMILES string of the molecule is COc1ccccc1C(=O)N1CCC(OC)(C(=O)N2CCCN(C)CC2)CC1.O=CO. The van der Waals surface area contributed by atoms with E-state index in [0.717, 1.165) is 32.6 Å². The van der Waals surface area contributed by atoms with Gasteiger partial charge in [-0.1, -0.05) is 12.1 Å². The van der Waals surface area contributed by atoms with E-state index in [1.807, 2.05) is 17.0 Å². The number of amides is 2. The van der Waals surface area contributed by atoms with E-state index in [9.17, 15) is 9.59 Å². The summed E-state index contributed by atoms with van der Waals surface area (Å²) < 4.78 is 11.1. The van der Waals surface area contributed by atoms with Crippen LogP contribution in [0.1, 0.15) is 29.6 Å². The van der Waals surface area contributed by atoms with Gasteiger partial charge in [0, 0.05) is 52.7 Å². The van der Waals surface area contributed by atoms with Gasteiger partial charge in [0.15, 0.2) is 0 Å². The van der Waals surface area contributed by atoms with Gasteiger partial charge in [0.1, 0.15) is 11.4 Å². The van der Waals surface area contributed by atoms with Crippen LogP contribution < -0.4 is 4.74 Å². The maximum atomic E-state index is 13.3. The average molecular weight is 436 g/mol. The molecule has 2 fully saturated rings. The molecule has 2 amide bonds. The summed E-state index contributed by atoms with van der Waals surface area (Å²) in [4.78, 5) is 40.5. The van der Waals surface area contributed by atoms with E-state index in [-0.39, 0.29) is 18.3 Å². The Morgan fingerprint density at radius 1 is 1.00 bits per heavy atom. The quantitative estimate of drug-likeness (QED) is 0.709. The largest absolute Gasteiger partial charge is 0.496 e. The predicted molar refractivity (Wildman–Crippen MR) is 115 cm³/mol. The second-order valence-corrected chi connectivity index (χ2v) is 7.75. The summed E-state index contributed by atoms with van der Waals surface area (Å²) in [6, 6.07) is 7.24. The van der Waals surface area contributed by atoms with Crippen molar-refractivity contribution in [2.75, 3.05) is 60.5 Å². The first-order valence-electron chi connectivity index (χ1n) is 10.5. The molecule has 0 saturated carbocycles. The number of hydrogen-bond acceptors (Lipinski definition) is 6. The number of methoxy groups -OCH3 is 2. The average Bonchev–Trinajstić information content (AvgIpc) is 3.03. The molecule has 0 spiro atoms. The van der Waals surface area contributed by atoms with E-state index < -0.39 is 5.60 Å². The fourth-order valence-corrected chi connectivity index (χ4v) is 4.11. The second-order valence-electron chi connectivity index (χ2n) is 7.75. The standard InChI is InChI=1S/C21H31N3O4.CH2O2/c1-22-11-6-12-24(16-15-22)20(26)21(28-3)9-13-23(14-10-21)19(25)17-7-4-5-8-18(17)27-2;2-1-3/h4-5,7-8H,6,9-16H2,1-3H3;1H,(H,2,3). The minimum Gasteiger partial charge on any atom is -0.496 e. The van der Waals surface area contributed by atoms with Gasteiger partial charge in [-0.15, -0.1) is 0 Å². The van der Waals surface area contributed by atoms with Crippen LogP contribution in [0.5, 0.6) is 5.75 Å². The number of nitrogens with zero attached hydrogens (tertiary/aromatic N) is 3. The molecule has 2 aliphatic rings. The van der Waals surface area contributed by atoms with Crippen molar-refractivity contribution in [1.29, 1.82) is 0 Å². The van der Waals surface area contributed by atoms with Gasteiger partial charge in [0.05, 0.1) is 12.7 Å². The Bertz CT molecular complexity index is 749. The van der Waals surface area contributed by atoms with Crippen LogP contribution in [0.3, 0.4) is 0 Å². The summed E-state index contributed by atoms with van der Waals surface area (Å²) in [7, 11) is 5.26. The fourth-order valence-electron chi connectivity index (χ4n) is 4.11. The van der Waals surface area contributed by atoms with Crippen LogP contribution in [0.25, 0.3) is 0 Å². The fraction of sp³-hybridized carbons (Fsp3) is 0.591. The number of para-hydroxylation sites is 1. The number of likely N-dealkylation sites (tertiary alicyclic amines) is 1. The Morgan fingerprint density at radius 2 is 1.65 bits per heavy atom. The van der Waals surface area contributed by atoms with Crippen molar-refractivity contribution in [2.24, 2.45) is 0 Å². The molecule has 0 atom stereocenters. The smallest absolute Gasteiger partial charge is 0.290 e. The predicted octanol–water partition coefficient (Wildman–Crippen LogP) is 1.18. The van der Waals surface area contributed by atoms with Crippen LogP contribution in [0.4, 0.5) is 0 Å². The van der Waals surface area contributed by atoms with Crippen molar-refractivity contribution in [3.8, 4) is 5.75 Å². The normalized spacial score (nSPS) is 18.9. The van der Waals surface area contributed by atoms with Crippen molar-refractivity contribution in [3.63, 3.8) is 0 Å². The Morgan fingerprint density at radius 3 is 2.26 bits per heavy atom. The summed E-state index contributed by atoms with van der Waals surface area (Å²) in [5.41, 5.74) is -0.280. The maximum Gasteiger partial charge on any atom is 0.290 e. The molecule has 0 unspecified atom stereocenters. The third kappa shape index (κ3) is 5.95. The van der Waals surface area contributed by atoms with Crippen LogP contribution in [0.15, 0.2) is 24.3 Å². The Labute approximate surface area is 183 Å².